The van der Waals surface area contributed by atoms with Crippen LogP contribution in [0.4, 0.5) is 8.78 Å². The van der Waals surface area contributed by atoms with Gasteiger partial charge in [-0.15, -0.1) is 0 Å². The second-order valence-electron chi connectivity index (χ2n) is 5.63. The Balaban J connectivity index is 1.71. The summed E-state index contributed by atoms with van der Waals surface area (Å²) in [6, 6.07) is 2.93. The quantitative estimate of drug-likeness (QED) is 0.848. The summed E-state index contributed by atoms with van der Waals surface area (Å²) in [4.78, 5) is 22.1. The van der Waals surface area contributed by atoms with E-state index in [2.05, 4.69) is 9.97 Å². The Bertz CT molecular complexity index is 773. The van der Waals surface area contributed by atoms with Gasteiger partial charge in [0.2, 0.25) is 0 Å². The zero-order valence-corrected chi connectivity index (χ0v) is 13.6. The number of hydrogen-bond acceptors (Lipinski definition) is 5. The van der Waals surface area contributed by atoms with Gasteiger partial charge < -0.3 is 14.4 Å². The number of hydrogen-bond donors (Lipinski definition) is 0. The third-order valence-electron chi connectivity index (χ3n) is 3.93. The van der Waals surface area contributed by atoms with Crippen molar-refractivity contribution in [3.63, 3.8) is 0 Å². The molecule has 1 aliphatic heterocycles. The Morgan fingerprint density at radius 3 is 2.72 bits per heavy atom. The Kier molecular flexibility index (Phi) is 5.06. The van der Waals surface area contributed by atoms with E-state index in [9.17, 15) is 13.6 Å². The smallest absolute Gasteiger partial charge is 0.278 e. The number of benzene rings is 1. The van der Waals surface area contributed by atoms with E-state index < -0.39 is 17.5 Å². The lowest BCUT2D eigenvalue weighted by Crippen LogP contribution is -2.44. The summed E-state index contributed by atoms with van der Waals surface area (Å²) in [7, 11) is 1.46. The van der Waals surface area contributed by atoms with Gasteiger partial charge in [-0.25, -0.2) is 18.7 Å². The van der Waals surface area contributed by atoms with E-state index in [0.29, 0.717) is 19.0 Å². The molecule has 0 radical (unpaired) electrons. The molecular formula is C17H17F2N3O3. The molecule has 0 aliphatic carbocycles. The third-order valence-corrected chi connectivity index (χ3v) is 3.93. The van der Waals surface area contributed by atoms with Crippen LogP contribution in [0.1, 0.15) is 23.2 Å². The standard InChI is InChI=1S/C17H17F2N3O3/c1-24-15-16(21-7-6-20-15)25-12-3-2-8-22(10-12)17(23)13-5-4-11(18)9-14(13)19/h4-7,9,12H,2-3,8,10H2,1H3. The number of aromatic nitrogens is 2. The van der Waals surface area contributed by atoms with Crippen molar-refractivity contribution < 1.29 is 23.0 Å². The van der Waals surface area contributed by atoms with Gasteiger partial charge >= 0.3 is 0 Å². The van der Waals surface area contributed by atoms with Crippen molar-refractivity contribution in [1.82, 2.24) is 14.9 Å². The molecule has 0 saturated carbocycles. The Labute approximate surface area is 143 Å². The van der Waals surface area contributed by atoms with Crippen LogP contribution in [0.25, 0.3) is 0 Å². The molecule has 2 aromatic rings. The van der Waals surface area contributed by atoms with Crippen LogP contribution in [0.15, 0.2) is 30.6 Å². The molecule has 2 heterocycles. The largest absolute Gasteiger partial charge is 0.477 e. The molecule has 25 heavy (non-hydrogen) atoms. The first-order valence-electron chi connectivity index (χ1n) is 7.84. The lowest BCUT2D eigenvalue weighted by Gasteiger charge is -2.32. The first-order valence-corrected chi connectivity index (χ1v) is 7.84. The molecule has 3 rings (SSSR count). The third kappa shape index (κ3) is 3.84. The van der Waals surface area contributed by atoms with Gasteiger partial charge in [0.05, 0.1) is 19.2 Å². The molecule has 1 aliphatic rings. The van der Waals surface area contributed by atoms with Crippen molar-refractivity contribution in [2.45, 2.75) is 18.9 Å². The molecule has 1 atom stereocenters. The number of nitrogens with zero attached hydrogens (tertiary/aromatic N) is 3. The Morgan fingerprint density at radius 2 is 2.00 bits per heavy atom. The van der Waals surface area contributed by atoms with E-state index in [0.717, 1.165) is 18.6 Å². The van der Waals surface area contributed by atoms with Crippen LogP contribution < -0.4 is 9.47 Å². The summed E-state index contributed by atoms with van der Waals surface area (Å²) in [5, 5.41) is 0. The number of carbonyl (C=O) groups excluding carboxylic acids is 1. The van der Waals surface area contributed by atoms with Crippen molar-refractivity contribution in [3.05, 3.63) is 47.8 Å². The summed E-state index contributed by atoms with van der Waals surface area (Å²) in [5.74, 6) is -1.57. The summed E-state index contributed by atoms with van der Waals surface area (Å²) in [5.41, 5.74) is -0.154. The highest BCUT2D eigenvalue weighted by atomic mass is 19.1. The lowest BCUT2D eigenvalue weighted by atomic mass is 10.1. The minimum absolute atomic E-state index is 0.154. The number of methoxy groups -OCH3 is 1. The SMILES string of the molecule is COc1nccnc1OC1CCCN(C(=O)c2ccc(F)cc2F)C1. The van der Waals surface area contributed by atoms with E-state index >= 15 is 0 Å². The van der Waals surface area contributed by atoms with E-state index in [1.165, 1.54) is 24.4 Å². The molecular weight excluding hydrogens is 332 g/mol. The molecule has 0 spiro atoms. The van der Waals surface area contributed by atoms with Crippen LogP contribution in [-0.2, 0) is 0 Å². The normalized spacial score (nSPS) is 17.2. The molecule has 6 nitrogen and oxygen atoms in total. The van der Waals surface area contributed by atoms with Gasteiger partial charge in [0, 0.05) is 25.0 Å². The minimum atomic E-state index is -0.872. The van der Waals surface area contributed by atoms with Gasteiger partial charge in [0.15, 0.2) is 0 Å². The summed E-state index contributed by atoms with van der Waals surface area (Å²) in [6.07, 6.45) is 4.07. The molecule has 132 valence electrons. The maximum Gasteiger partial charge on any atom is 0.278 e. The fourth-order valence-electron chi connectivity index (χ4n) is 2.74. The first-order chi connectivity index (χ1) is 12.1. The van der Waals surface area contributed by atoms with Gasteiger partial charge in [0.1, 0.15) is 17.7 Å². The Hall–Kier alpha value is -2.77. The first kappa shape index (κ1) is 17.1. The lowest BCUT2D eigenvalue weighted by molar-refractivity contribution is 0.0515. The van der Waals surface area contributed by atoms with E-state index in [1.54, 1.807) is 0 Å². The molecule has 0 N–H and O–H groups in total. The highest BCUT2D eigenvalue weighted by molar-refractivity contribution is 5.94. The summed E-state index contributed by atoms with van der Waals surface area (Å²) >= 11 is 0. The zero-order chi connectivity index (χ0) is 17.8. The number of carbonyl (C=O) groups is 1. The van der Waals surface area contributed by atoms with Crippen LogP contribution in [0.5, 0.6) is 11.8 Å². The van der Waals surface area contributed by atoms with Crippen LogP contribution in [-0.4, -0.2) is 47.1 Å². The molecule has 1 unspecified atom stereocenters. The maximum atomic E-state index is 13.8. The number of halogens is 2. The van der Waals surface area contributed by atoms with Crippen molar-refractivity contribution in [3.8, 4) is 11.8 Å². The molecule has 1 fully saturated rings. The van der Waals surface area contributed by atoms with Gasteiger partial charge in [-0.05, 0) is 25.0 Å². The fraction of sp³-hybridized carbons (Fsp3) is 0.353. The number of rotatable bonds is 4. The van der Waals surface area contributed by atoms with Crippen molar-refractivity contribution in [2.24, 2.45) is 0 Å². The average Bonchev–Trinajstić information content (AvgIpc) is 2.62. The minimum Gasteiger partial charge on any atom is -0.477 e. The molecule has 1 aromatic carbocycles. The topological polar surface area (TPSA) is 64.6 Å². The second-order valence-corrected chi connectivity index (χ2v) is 5.63. The summed E-state index contributed by atoms with van der Waals surface area (Å²) < 4.78 is 37.8. The molecule has 8 heteroatoms. The second kappa shape index (κ2) is 7.42. The van der Waals surface area contributed by atoms with Gasteiger partial charge in [0.25, 0.3) is 17.7 Å². The average molecular weight is 349 g/mol. The highest BCUT2D eigenvalue weighted by Gasteiger charge is 2.28. The van der Waals surface area contributed by atoms with Crippen LogP contribution in [0.2, 0.25) is 0 Å². The van der Waals surface area contributed by atoms with Gasteiger partial charge in [-0.3, -0.25) is 4.79 Å². The summed E-state index contributed by atoms with van der Waals surface area (Å²) in [6.45, 7) is 0.752. The van der Waals surface area contributed by atoms with Crippen LogP contribution in [0.3, 0.4) is 0 Å². The van der Waals surface area contributed by atoms with Crippen molar-refractivity contribution in [2.75, 3.05) is 20.2 Å². The predicted octanol–water partition coefficient (Wildman–Crippen LogP) is 2.45. The van der Waals surface area contributed by atoms with Crippen molar-refractivity contribution >= 4 is 5.91 Å². The number of amides is 1. The van der Waals surface area contributed by atoms with E-state index in [4.69, 9.17) is 9.47 Å². The molecule has 0 bridgehead atoms. The van der Waals surface area contributed by atoms with Gasteiger partial charge in [-0.2, -0.15) is 0 Å². The monoisotopic (exact) mass is 349 g/mol. The highest BCUT2D eigenvalue weighted by Crippen LogP contribution is 2.24. The van der Waals surface area contributed by atoms with E-state index in [-0.39, 0.29) is 30.0 Å². The molecule has 1 aromatic heterocycles. The zero-order valence-electron chi connectivity index (χ0n) is 13.6. The number of piperidine rings is 1. The number of likely N-dealkylation sites (tertiary alicyclic amines) is 1. The van der Waals surface area contributed by atoms with Crippen LogP contribution in [0, 0.1) is 11.6 Å². The number of ether oxygens (including phenoxy) is 2. The Morgan fingerprint density at radius 1 is 1.24 bits per heavy atom. The van der Waals surface area contributed by atoms with Crippen LogP contribution >= 0.6 is 0 Å². The molecule has 1 saturated heterocycles. The van der Waals surface area contributed by atoms with Gasteiger partial charge in [-0.1, -0.05) is 0 Å². The van der Waals surface area contributed by atoms with E-state index in [1.807, 2.05) is 0 Å². The fourth-order valence-corrected chi connectivity index (χ4v) is 2.74. The predicted molar refractivity (Wildman–Crippen MR) is 84.5 cm³/mol. The maximum absolute atomic E-state index is 13.8. The van der Waals surface area contributed by atoms with Crippen molar-refractivity contribution in [1.29, 1.82) is 0 Å². The molecule has 1 amide bonds.